The van der Waals surface area contributed by atoms with Crippen molar-refractivity contribution in [2.45, 2.75) is 50.8 Å². The minimum absolute atomic E-state index is 0.907. The van der Waals surface area contributed by atoms with E-state index in [0.29, 0.717) is 0 Å². The average molecular weight is 306 g/mol. The zero-order valence-electron chi connectivity index (χ0n) is 13.7. The standard InChI is InChI=1S/C19H31NS/c1-3-16-10-11-18(15-20-4-2)17(14-16)12-13-21-19-8-6-5-7-9-19/h5-9,16-18,20H,3-4,10-15H2,1-2H3. The predicted octanol–water partition coefficient (Wildman–Crippen LogP) is 5.22. The van der Waals surface area contributed by atoms with Gasteiger partial charge in [-0.05, 0) is 68.0 Å². The number of rotatable bonds is 8. The van der Waals surface area contributed by atoms with Gasteiger partial charge in [-0.1, -0.05) is 44.9 Å². The van der Waals surface area contributed by atoms with Crippen LogP contribution in [0.2, 0.25) is 0 Å². The fourth-order valence-electron chi connectivity index (χ4n) is 3.59. The molecule has 3 atom stereocenters. The van der Waals surface area contributed by atoms with Gasteiger partial charge in [0.15, 0.2) is 0 Å². The highest BCUT2D eigenvalue weighted by Crippen LogP contribution is 2.38. The highest BCUT2D eigenvalue weighted by Gasteiger charge is 2.28. The molecule has 118 valence electrons. The Hall–Kier alpha value is -0.470. The third kappa shape index (κ3) is 5.67. The summed E-state index contributed by atoms with van der Waals surface area (Å²) in [7, 11) is 0. The number of hydrogen-bond donors (Lipinski definition) is 1. The Morgan fingerprint density at radius 3 is 2.62 bits per heavy atom. The van der Waals surface area contributed by atoms with E-state index < -0.39 is 0 Å². The highest BCUT2D eigenvalue weighted by atomic mass is 32.2. The summed E-state index contributed by atoms with van der Waals surface area (Å²) in [5, 5.41) is 3.58. The molecule has 0 aliphatic heterocycles. The molecule has 0 amide bonds. The molecular formula is C19H31NS. The lowest BCUT2D eigenvalue weighted by atomic mass is 9.72. The SMILES string of the molecule is CCNCC1CCC(CC)CC1CCSc1ccccc1. The summed E-state index contributed by atoms with van der Waals surface area (Å²) < 4.78 is 0. The first-order valence-electron chi connectivity index (χ1n) is 8.72. The third-order valence-electron chi connectivity index (χ3n) is 4.98. The smallest absolute Gasteiger partial charge is 0.00719 e. The summed E-state index contributed by atoms with van der Waals surface area (Å²) in [6, 6.07) is 10.9. The van der Waals surface area contributed by atoms with Gasteiger partial charge in [0.1, 0.15) is 0 Å². The summed E-state index contributed by atoms with van der Waals surface area (Å²) in [6.45, 7) is 6.93. The Bertz CT molecular complexity index is 378. The summed E-state index contributed by atoms with van der Waals surface area (Å²) in [4.78, 5) is 1.42. The molecule has 2 heteroatoms. The molecule has 1 saturated carbocycles. The molecule has 1 aliphatic rings. The lowest BCUT2D eigenvalue weighted by molar-refractivity contribution is 0.169. The first kappa shape index (κ1) is 16.9. The van der Waals surface area contributed by atoms with Crippen LogP contribution in [0.3, 0.4) is 0 Å². The van der Waals surface area contributed by atoms with Gasteiger partial charge in [-0.2, -0.15) is 0 Å². The van der Waals surface area contributed by atoms with Crippen molar-refractivity contribution in [1.82, 2.24) is 5.32 Å². The zero-order valence-corrected chi connectivity index (χ0v) is 14.5. The van der Waals surface area contributed by atoms with Crippen LogP contribution in [0.25, 0.3) is 0 Å². The zero-order chi connectivity index (χ0) is 14.9. The Balaban J connectivity index is 1.80. The van der Waals surface area contributed by atoms with Crippen LogP contribution >= 0.6 is 11.8 Å². The fraction of sp³-hybridized carbons (Fsp3) is 0.684. The quantitative estimate of drug-likeness (QED) is 0.661. The maximum atomic E-state index is 3.58. The summed E-state index contributed by atoms with van der Waals surface area (Å²) in [5.41, 5.74) is 0. The molecule has 1 aromatic rings. The van der Waals surface area contributed by atoms with E-state index >= 15 is 0 Å². The van der Waals surface area contributed by atoms with Crippen LogP contribution in [0.5, 0.6) is 0 Å². The van der Waals surface area contributed by atoms with Crippen LogP contribution in [0, 0.1) is 17.8 Å². The fourth-order valence-corrected chi connectivity index (χ4v) is 4.60. The summed E-state index contributed by atoms with van der Waals surface area (Å²) in [6.07, 6.45) is 7.10. The Kier molecular flexibility index (Phi) is 7.66. The molecule has 0 radical (unpaired) electrons. The van der Waals surface area contributed by atoms with Gasteiger partial charge in [0.05, 0.1) is 0 Å². The molecule has 2 rings (SSSR count). The van der Waals surface area contributed by atoms with Gasteiger partial charge in [-0.3, -0.25) is 0 Å². The lowest BCUT2D eigenvalue weighted by Gasteiger charge is -2.36. The summed E-state index contributed by atoms with van der Waals surface area (Å²) >= 11 is 2.03. The normalized spacial score (nSPS) is 25.9. The Labute approximate surface area is 135 Å². The van der Waals surface area contributed by atoms with Crippen LogP contribution in [0.1, 0.15) is 46.0 Å². The van der Waals surface area contributed by atoms with Crippen molar-refractivity contribution >= 4 is 11.8 Å². The highest BCUT2D eigenvalue weighted by molar-refractivity contribution is 7.99. The average Bonchev–Trinajstić information content (AvgIpc) is 2.54. The molecule has 0 aromatic heterocycles. The van der Waals surface area contributed by atoms with E-state index in [4.69, 9.17) is 0 Å². The third-order valence-corrected chi connectivity index (χ3v) is 6.03. The molecule has 0 heterocycles. The van der Waals surface area contributed by atoms with Crippen molar-refractivity contribution in [2.75, 3.05) is 18.8 Å². The van der Waals surface area contributed by atoms with Crippen LogP contribution in [-0.2, 0) is 0 Å². The molecule has 1 aromatic carbocycles. The lowest BCUT2D eigenvalue weighted by Crippen LogP contribution is -2.33. The van der Waals surface area contributed by atoms with Gasteiger partial charge in [0.25, 0.3) is 0 Å². The second-order valence-corrected chi connectivity index (χ2v) is 7.53. The van der Waals surface area contributed by atoms with E-state index in [-0.39, 0.29) is 0 Å². The van der Waals surface area contributed by atoms with Crippen molar-refractivity contribution in [3.63, 3.8) is 0 Å². The van der Waals surface area contributed by atoms with Crippen LogP contribution < -0.4 is 5.32 Å². The minimum Gasteiger partial charge on any atom is -0.317 e. The van der Waals surface area contributed by atoms with E-state index in [0.717, 1.165) is 24.3 Å². The molecule has 1 N–H and O–H groups in total. The topological polar surface area (TPSA) is 12.0 Å². The van der Waals surface area contributed by atoms with E-state index in [2.05, 4.69) is 49.5 Å². The molecule has 21 heavy (non-hydrogen) atoms. The molecule has 1 aliphatic carbocycles. The molecule has 1 nitrogen and oxygen atoms in total. The Morgan fingerprint density at radius 1 is 1.10 bits per heavy atom. The number of thioether (sulfide) groups is 1. The first-order valence-corrected chi connectivity index (χ1v) is 9.70. The van der Waals surface area contributed by atoms with Crippen LogP contribution in [0.15, 0.2) is 35.2 Å². The number of hydrogen-bond acceptors (Lipinski definition) is 2. The van der Waals surface area contributed by atoms with E-state index in [9.17, 15) is 0 Å². The monoisotopic (exact) mass is 305 g/mol. The van der Waals surface area contributed by atoms with Crippen molar-refractivity contribution in [1.29, 1.82) is 0 Å². The number of nitrogens with one attached hydrogen (secondary N) is 1. The second kappa shape index (κ2) is 9.53. The van der Waals surface area contributed by atoms with Gasteiger partial charge in [-0.25, -0.2) is 0 Å². The first-order chi connectivity index (χ1) is 10.3. The maximum Gasteiger partial charge on any atom is 0.00719 e. The number of benzene rings is 1. The van der Waals surface area contributed by atoms with E-state index in [1.54, 1.807) is 0 Å². The van der Waals surface area contributed by atoms with Gasteiger partial charge in [0.2, 0.25) is 0 Å². The van der Waals surface area contributed by atoms with Gasteiger partial charge >= 0.3 is 0 Å². The van der Waals surface area contributed by atoms with Gasteiger partial charge in [0, 0.05) is 4.90 Å². The molecule has 3 unspecified atom stereocenters. The molecule has 1 fully saturated rings. The van der Waals surface area contributed by atoms with E-state index in [1.807, 2.05) is 11.8 Å². The van der Waals surface area contributed by atoms with Crippen molar-refractivity contribution in [3.8, 4) is 0 Å². The second-order valence-electron chi connectivity index (χ2n) is 6.37. The maximum absolute atomic E-state index is 3.58. The molecule has 0 spiro atoms. The van der Waals surface area contributed by atoms with E-state index in [1.165, 1.54) is 49.3 Å². The van der Waals surface area contributed by atoms with Gasteiger partial charge < -0.3 is 5.32 Å². The Morgan fingerprint density at radius 2 is 1.90 bits per heavy atom. The predicted molar refractivity (Wildman–Crippen MR) is 94.9 cm³/mol. The van der Waals surface area contributed by atoms with Crippen molar-refractivity contribution in [3.05, 3.63) is 30.3 Å². The van der Waals surface area contributed by atoms with Crippen LogP contribution in [-0.4, -0.2) is 18.8 Å². The minimum atomic E-state index is 0.907. The summed E-state index contributed by atoms with van der Waals surface area (Å²) in [5.74, 6) is 4.09. The largest absolute Gasteiger partial charge is 0.317 e. The molecule has 0 saturated heterocycles. The van der Waals surface area contributed by atoms with Crippen molar-refractivity contribution in [2.24, 2.45) is 17.8 Å². The van der Waals surface area contributed by atoms with Crippen LogP contribution in [0.4, 0.5) is 0 Å². The van der Waals surface area contributed by atoms with Gasteiger partial charge in [-0.15, -0.1) is 11.8 Å². The molecule has 0 bridgehead atoms. The molecular weight excluding hydrogens is 274 g/mol. The van der Waals surface area contributed by atoms with Crippen molar-refractivity contribution < 1.29 is 0 Å².